The van der Waals surface area contributed by atoms with Crippen molar-refractivity contribution in [2.75, 3.05) is 39.8 Å². The number of likely N-dealkylation sites (N-methyl/N-ethyl adjacent to an activating group) is 1. The molecular weight excluding hydrogens is 392 g/mol. The van der Waals surface area contributed by atoms with E-state index in [9.17, 15) is 9.90 Å². The number of quaternary nitrogens is 2. The van der Waals surface area contributed by atoms with Crippen LogP contribution in [0, 0.1) is 0 Å². The minimum absolute atomic E-state index is 0.156. The molecule has 3 N–H and O–H groups in total. The number of para-hydroxylation sites is 1. The monoisotopic (exact) mass is 422 g/mol. The fourth-order valence-corrected chi connectivity index (χ4v) is 4.26. The summed E-state index contributed by atoms with van der Waals surface area (Å²) in [6.07, 6.45) is 5.34. The fraction of sp³-hybridized carbons (Fsp3) is 0.320. The Bertz CT molecular complexity index is 1020. The van der Waals surface area contributed by atoms with Gasteiger partial charge in [-0.25, -0.2) is 0 Å². The van der Waals surface area contributed by atoms with Gasteiger partial charge in [0.25, 0.3) is 0 Å². The molecule has 0 radical (unpaired) electrons. The summed E-state index contributed by atoms with van der Waals surface area (Å²) in [6.45, 7) is 8.36. The van der Waals surface area contributed by atoms with Gasteiger partial charge in [0, 0.05) is 5.56 Å². The lowest BCUT2D eigenvalue weighted by Crippen LogP contribution is -3.27. The SMILES string of the molecule is CC[NH+]1CC[NH+](Cc2c(O)ccc3c2O/C(=C\C=C\c2ccccc2OC)C3=O)CC1. The molecule has 2 aliphatic rings. The van der Waals surface area contributed by atoms with E-state index in [0.29, 0.717) is 17.9 Å². The zero-order valence-corrected chi connectivity index (χ0v) is 18.1. The third-order valence-electron chi connectivity index (χ3n) is 6.17. The summed E-state index contributed by atoms with van der Waals surface area (Å²) >= 11 is 0. The number of phenols is 1. The zero-order valence-electron chi connectivity index (χ0n) is 18.1. The van der Waals surface area contributed by atoms with Gasteiger partial charge in [-0.1, -0.05) is 30.4 Å². The molecule has 0 atom stereocenters. The Balaban J connectivity index is 1.52. The van der Waals surface area contributed by atoms with Crippen molar-refractivity contribution in [2.24, 2.45) is 0 Å². The first-order valence-electron chi connectivity index (χ1n) is 10.9. The van der Waals surface area contributed by atoms with Crippen LogP contribution in [0.25, 0.3) is 6.08 Å². The standard InChI is InChI=1S/C25H28N2O4/c1-3-26-13-15-27(16-14-26)17-20-21(28)12-11-19-24(29)23(31-25(19)20)10-6-8-18-7-4-5-9-22(18)30-2/h4-12,28H,3,13-17H2,1-2H3/p+2/b8-6+,23-10-. The highest BCUT2D eigenvalue weighted by Crippen LogP contribution is 2.38. The molecule has 162 valence electrons. The molecule has 0 bridgehead atoms. The van der Waals surface area contributed by atoms with Crippen molar-refractivity contribution < 1.29 is 29.2 Å². The zero-order chi connectivity index (χ0) is 21.8. The maximum Gasteiger partial charge on any atom is 0.231 e. The maximum atomic E-state index is 12.9. The van der Waals surface area contributed by atoms with Crippen LogP contribution in [0.3, 0.4) is 0 Å². The van der Waals surface area contributed by atoms with Gasteiger partial charge in [-0.3, -0.25) is 4.79 Å². The van der Waals surface area contributed by atoms with Crippen molar-refractivity contribution >= 4 is 11.9 Å². The van der Waals surface area contributed by atoms with Gasteiger partial charge < -0.3 is 24.4 Å². The van der Waals surface area contributed by atoms with Crippen molar-refractivity contribution in [1.82, 2.24) is 0 Å². The van der Waals surface area contributed by atoms with E-state index in [1.807, 2.05) is 30.3 Å². The van der Waals surface area contributed by atoms with E-state index in [1.165, 1.54) is 4.90 Å². The number of carbonyl (C=O) groups is 1. The number of phenolic OH excluding ortho intramolecular Hbond substituents is 1. The smallest absolute Gasteiger partial charge is 0.231 e. The maximum absolute atomic E-state index is 12.9. The number of piperazine rings is 1. The normalized spacial score (nSPS) is 22.0. The average Bonchev–Trinajstić information content (AvgIpc) is 3.12. The lowest BCUT2D eigenvalue weighted by molar-refractivity contribution is -1.02. The second kappa shape index (κ2) is 9.37. The van der Waals surface area contributed by atoms with Gasteiger partial charge in [0.1, 0.15) is 44.2 Å². The summed E-state index contributed by atoms with van der Waals surface area (Å²) in [7, 11) is 1.63. The molecule has 2 aliphatic heterocycles. The van der Waals surface area contributed by atoms with E-state index in [2.05, 4.69) is 6.92 Å². The van der Waals surface area contributed by atoms with E-state index in [0.717, 1.165) is 49.6 Å². The average molecular weight is 423 g/mol. The Morgan fingerprint density at radius 1 is 1.10 bits per heavy atom. The van der Waals surface area contributed by atoms with Gasteiger partial charge in [0.2, 0.25) is 5.78 Å². The van der Waals surface area contributed by atoms with E-state index < -0.39 is 0 Å². The Kier molecular flexibility index (Phi) is 6.39. The molecule has 0 aliphatic carbocycles. The molecule has 2 aromatic carbocycles. The minimum atomic E-state index is -0.156. The van der Waals surface area contributed by atoms with Crippen LogP contribution in [0.1, 0.15) is 28.4 Å². The number of benzene rings is 2. The first-order valence-corrected chi connectivity index (χ1v) is 10.9. The molecule has 0 amide bonds. The largest absolute Gasteiger partial charge is 0.507 e. The van der Waals surface area contributed by atoms with E-state index in [1.54, 1.807) is 36.3 Å². The molecule has 0 unspecified atom stereocenters. The number of methoxy groups -OCH3 is 1. The number of allylic oxidation sites excluding steroid dienone is 3. The predicted octanol–water partition coefficient (Wildman–Crippen LogP) is 0.877. The first-order chi connectivity index (χ1) is 15.1. The number of ether oxygens (including phenoxy) is 2. The van der Waals surface area contributed by atoms with Crippen LogP contribution >= 0.6 is 0 Å². The van der Waals surface area contributed by atoms with Gasteiger partial charge >= 0.3 is 0 Å². The van der Waals surface area contributed by atoms with Crippen LogP contribution < -0.4 is 19.3 Å². The molecule has 0 saturated carbocycles. The summed E-state index contributed by atoms with van der Waals surface area (Å²) in [5.74, 6) is 1.56. The van der Waals surface area contributed by atoms with Crippen molar-refractivity contribution in [3.63, 3.8) is 0 Å². The second-order valence-corrected chi connectivity index (χ2v) is 8.03. The quantitative estimate of drug-likeness (QED) is 0.605. The van der Waals surface area contributed by atoms with Gasteiger partial charge in [0.05, 0.1) is 24.8 Å². The molecule has 31 heavy (non-hydrogen) atoms. The van der Waals surface area contributed by atoms with Crippen molar-refractivity contribution in [3.05, 3.63) is 71.0 Å². The topological polar surface area (TPSA) is 64.6 Å². The Hall–Kier alpha value is -3.09. The van der Waals surface area contributed by atoms with Crippen LogP contribution in [-0.4, -0.2) is 50.7 Å². The highest BCUT2D eigenvalue weighted by Gasteiger charge is 2.33. The van der Waals surface area contributed by atoms with E-state index >= 15 is 0 Å². The number of aromatic hydroxyl groups is 1. The predicted molar refractivity (Wildman–Crippen MR) is 119 cm³/mol. The van der Waals surface area contributed by atoms with Crippen LogP contribution in [0.4, 0.5) is 0 Å². The van der Waals surface area contributed by atoms with E-state index in [-0.39, 0.29) is 17.3 Å². The van der Waals surface area contributed by atoms with Crippen LogP contribution in [-0.2, 0) is 6.54 Å². The highest BCUT2D eigenvalue weighted by molar-refractivity contribution is 6.12. The highest BCUT2D eigenvalue weighted by atomic mass is 16.5. The molecule has 6 heteroatoms. The van der Waals surface area contributed by atoms with Crippen molar-refractivity contribution in [1.29, 1.82) is 0 Å². The van der Waals surface area contributed by atoms with Crippen molar-refractivity contribution in [2.45, 2.75) is 13.5 Å². The van der Waals surface area contributed by atoms with Gasteiger partial charge in [-0.15, -0.1) is 0 Å². The molecule has 0 aromatic heterocycles. The number of rotatable bonds is 6. The second-order valence-electron chi connectivity index (χ2n) is 8.03. The molecule has 1 saturated heterocycles. The van der Waals surface area contributed by atoms with Gasteiger partial charge in [-0.2, -0.15) is 0 Å². The number of carbonyl (C=O) groups excluding carboxylic acids is 1. The number of ketones is 1. The lowest BCUT2D eigenvalue weighted by atomic mass is 10.0. The number of fused-ring (bicyclic) bond motifs is 1. The van der Waals surface area contributed by atoms with Crippen molar-refractivity contribution in [3.8, 4) is 17.2 Å². The Morgan fingerprint density at radius 3 is 2.58 bits per heavy atom. The number of Topliss-reactive ketones (excluding diaryl/α,β-unsaturated/α-hetero) is 1. The Morgan fingerprint density at radius 2 is 1.84 bits per heavy atom. The van der Waals surface area contributed by atoms with Crippen LogP contribution in [0.5, 0.6) is 17.2 Å². The molecule has 6 nitrogen and oxygen atoms in total. The van der Waals surface area contributed by atoms with Crippen LogP contribution in [0.2, 0.25) is 0 Å². The lowest BCUT2D eigenvalue weighted by Gasteiger charge is -2.29. The summed E-state index contributed by atoms with van der Waals surface area (Å²) in [5.41, 5.74) is 2.15. The summed E-state index contributed by atoms with van der Waals surface area (Å²) < 4.78 is 11.3. The fourth-order valence-electron chi connectivity index (χ4n) is 4.26. The summed E-state index contributed by atoms with van der Waals surface area (Å²) in [4.78, 5) is 15.9. The number of hydrogen-bond donors (Lipinski definition) is 3. The Labute approximate surface area is 183 Å². The van der Waals surface area contributed by atoms with Gasteiger partial charge in [-0.05, 0) is 31.2 Å². The molecule has 2 aromatic rings. The summed E-state index contributed by atoms with van der Waals surface area (Å²) in [6, 6.07) is 10.9. The van der Waals surface area contributed by atoms with Crippen LogP contribution in [0.15, 0.2) is 54.3 Å². The number of nitrogens with one attached hydrogen (secondary N) is 2. The third-order valence-corrected chi connectivity index (χ3v) is 6.17. The van der Waals surface area contributed by atoms with E-state index in [4.69, 9.17) is 9.47 Å². The third kappa shape index (κ3) is 4.50. The summed E-state index contributed by atoms with van der Waals surface area (Å²) in [5, 5.41) is 10.5. The molecule has 2 heterocycles. The van der Waals surface area contributed by atoms with Gasteiger partial charge in [0.15, 0.2) is 11.5 Å². The molecule has 4 rings (SSSR count). The first kappa shape index (κ1) is 21.2. The minimum Gasteiger partial charge on any atom is -0.507 e. The molecule has 1 fully saturated rings. The molecular formula is C25H30N2O4+2. The molecule has 0 spiro atoms. The number of hydrogen-bond acceptors (Lipinski definition) is 4.